The Hall–Kier alpha value is -2.35. The highest BCUT2D eigenvalue weighted by Crippen LogP contribution is 2.38. The first-order valence-electron chi connectivity index (χ1n) is 9.39. The third-order valence-electron chi connectivity index (χ3n) is 4.80. The van der Waals surface area contributed by atoms with E-state index >= 15 is 0 Å². The topological polar surface area (TPSA) is 0 Å². The van der Waals surface area contributed by atoms with Crippen molar-refractivity contribution in [3.63, 3.8) is 0 Å². The first kappa shape index (κ1) is 19.4. The van der Waals surface area contributed by atoms with Gasteiger partial charge in [0.15, 0.2) is 0 Å². The van der Waals surface area contributed by atoms with Gasteiger partial charge >= 0.3 is 0 Å². The summed E-state index contributed by atoms with van der Waals surface area (Å²) in [5.74, 6) is 3.46. The largest absolute Gasteiger partial charge is 0.0622 e. The molecule has 0 N–H and O–H groups in total. The van der Waals surface area contributed by atoms with Gasteiger partial charge in [-0.3, -0.25) is 0 Å². The summed E-state index contributed by atoms with van der Waals surface area (Å²) in [6.07, 6.45) is 0. The Kier molecular flexibility index (Phi) is 5.84. The van der Waals surface area contributed by atoms with Crippen molar-refractivity contribution in [2.45, 2.75) is 41.5 Å². The molecule has 0 aromatic heterocycles. The molecular weight excluding hydrogens is 343 g/mol. The monoisotopic (exact) mass is 370 g/mol. The van der Waals surface area contributed by atoms with Gasteiger partial charge in [0.1, 0.15) is 0 Å². The summed E-state index contributed by atoms with van der Waals surface area (Å²) in [4.78, 5) is 0. The average Bonchev–Trinajstić information content (AvgIpc) is 2.58. The first-order valence-corrected chi connectivity index (χ1v) is 10.7. The Balaban J connectivity index is 2.25. The van der Waals surface area contributed by atoms with Crippen LogP contribution in [-0.2, 0) is 0 Å². The molecule has 0 spiro atoms. The SMILES string of the molecule is Cc1cc(C)c(P(C#Cc2ccccc2)c2c(C)cc(C)cc2C)c(C)c1. The third-order valence-corrected chi connectivity index (χ3v) is 7.44. The van der Waals surface area contributed by atoms with E-state index in [1.165, 1.54) is 44.0 Å². The highest BCUT2D eigenvalue weighted by Gasteiger charge is 2.21. The Bertz CT molecular complexity index is 929. The Morgan fingerprint density at radius 2 is 1.00 bits per heavy atom. The minimum atomic E-state index is -0.744. The average molecular weight is 370 g/mol. The molecule has 0 aliphatic carbocycles. The third kappa shape index (κ3) is 4.32. The van der Waals surface area contributed by atoms with Gasteiger partial charge in [0, 0.05) is 13.5 Å². The molecule has 3 aromatic rings. The van der Waals surface area contributed by atoms with E-state index in [9.17, 15) is 0 Å². The zero-order valence-electron chi connectivity index (χ0n) is 17.1. The first-order chi connectivity index (χ1) is 12.9. The summed E-state index contributed by atoms with van der Waals surface area (Å²) in [6, 6.07) is 19.5. The fourth-order valence-electron chi connectivity index (χ4n) is 3.92. The van der Waals surface area contributed by atoms with Crippen molar-refractivity contribution in [2.75, 3.05) is 0 Å². The van der Waals surface area contributed by atoms with Gasteiger partial charge in [-0.1, -0.05) is 65.2 Å². The van der Waals surface area contributed by atoms with Gasteiger partial charge in [0.05, 0.1) is 0 Å². The van der Waals surface area contributed by atoms with Crippen LogP contribution in [0, 0.1) is 53.1 Å². The predicted octanol–water partition coefficient (Wildman–Crippen LogP) is 5.98. The highest BCUT2D eigenvalue weighted by molar-refractivity contribution is 7.77. The second-order valence-corrected chi connectivity index (χ2v) is 9.22. The molecule has 0 bridgehead atoms. The van der Waals surface area contributed by atoms with E-state index in [0.29, 0.717) is 0 Å². The van der Waals surface area contributed by atoms with Crippen LogP contribution in [-0.4, -0.2) is 0 Å². The van der Waals surface area contributed by atoms with Gasteiger partial charge in [-0.25, -0.2) is 0 Å². The number of hydrogen-bond acceptors (Lipinski definition) is 0. The minimum Gasteiger partial charge on any atom is -0.0622 e. The number of benzene rings is 3. The maximum absolute atomic E-state index is 3.69. The number of rotatable bonds is 2. The van der Waals surface area contributed by atoms with Crippen molar-refractivity contribution in [1.29, 1.82) is 0 Å². The standard InChI is InChI=1S/C26H27P/c1-18-14-20(3)25(21(4)15-18)27(13-12-24-10-8-7-9-11-24)26-22(5)16-19(2)17-23(26)6/h7-11,14-17H,1-6H3. The molecule has 0 aliphatic heterocycles. The molecule has 0 unspecified atom stereocenters. The summed E-state index contributed by atoms with van der Waals surface area (Å²) < 4.78 is 0. The number of aryl methyl sites for hydroxylation is 6. The van der Waals surface area contributed by atoms with E-state index in [1.807, 2.05) is 6.07 Å². The molecule has 0 fully saturated rings. The van der Waals surface area contributed by atoms with Gasteiger partial charge in [-0.2, -0.15) is 0 Å². The molecule has 0 nitrogen and oxygen atoms in total. The van der Waals surface area contributed by atoms with Crippen molar-refractivity contribution in [2.24, 2.45) is 0 Å². The van der Waals surface area contributed by atoms with Gasteiger partial charge in [-0.05, 0) is 86.5 Å². The lowest BCUT2D eigenvalue weighted by Gasteiger charge is -2.22. The van der Waals surface area contributed by atoms with Crippen molar-refractivity contribution >= 4 is 18.5 Å². The summed E-state index contributed by atoms with van der Waals surface area (Å²) in [6.45, 7) is 13.3. The van der Waals surface area contributed by atoms with Crippen LogP contribution in [0.3, 0.4) is 0 Å². The molecule has 136 valence electrons. The molecule has 27 heavy (non-hydrogen) atoms. The molecule has 0 saturated carbocycles. The van der Waals surface area contributed by atoms with Gasteiger partial charge in [0.25, 0.3) is 0 Å². The van der Waals surface area contributed by atoms with Gasteiger partial charge in [-0.15, -0.1) is 0 Å². The quantitative estimate of drug-likeness (QED) is 0.385. The summed E-state index contributed by atoms with van der Waals surface area (Å²) >= 11 is 0. The Morgan fingerprint density at radius 3 is 1.41 bits per heavy atom. The molecule has 0 radical (unpaired) electrons. The highest BCUT2D eigenvalue weighted by atomic mass is 31.1. The zero-order valence-corrected chi connectivity index (χ0v) is 18.0. The van der Waals surface area contributed by atoms with Crippen LogP contribution in [0.25, 0.3) is 0 Å². The second-order valence-electron chi connectivity index (χ2n) is 7.43. The smallest absolute Gasteiger partial charge is 0.0359 e. The van der Waals surface area contributed by atoms with Crippen LogP contribution in [0.4, 0.5) is 0 Å². The van der Waals surface area contributed by atoms with E-state index in [2.05, 4.69) is 102 Å². The van der Waals surface area contributed by atoms with E-state index in [0.717, 1.165) is 5.56 Å². The normalized spacial score (nSPS) is 10.6. The predicted molar refractivity (Wildman–Crippen MR) is 121 cm³/mol. The van der Waals surface area contributed by atoms with Crippen LogP contribution in [0.1, 0.15) is 38.9 Å². The summed E-state index contributed by atoms with van der Waals surface area (Å²) in [5, 5.41) is 2.82. The van der Waals surface area contributed by atoms with Crippen molar-refractivity contribution in [1.82, 2.24) is 0 Å². The van der Waals surface area contributed by atoms with Crippen molar-refractivity contribution < 1.29 is 0 Å². The fourth-order valence-corrected chi connectivity index (χ4v) is 6.27. The van der Waals surface area contributed by atoms with E-state index in [4.69, 9.17) is 0 Å². The van der Waals surface area contributed by atoms with Crippen LogP contribution in [0.2, 0.25) is 0 Å². The lowest BCUT2D eigenvalue weighted by atomic mass is 10.1. The lowest BCUT2D eigenvalue weighted by molar-refractivity contribution is 1.35. The molecule has 0 atom stereocenters. The molecule has 3 aromatic carbocycles. The van der Waals surface area contributed by atoms with E-state index in [1.54, 1.807) is 0 Å². The molecule has 0 heterocycles. The molecule has 3 rings (SSSR count). The lowest BCUT2D eigenvalue weighted by Crippen LogP contribution is -2.21. The molecule has 0 amide bonds. The van der Waals surface area contributed by atoms with Crippen molar-refractivity contribution in [3.05, 3.63) is 93.5 Å². The van der Waals surface area contributed by atoms with Gasteiger partial charge in [0.2, 0.25) is 0 Å². The molecule has 0 aliphatic rings. The molecule has 0 saturated heterocycles. The van der Waals surface area contributed by atoms with Crippen LogP contribution < -0.4 is 10.6 Å². The zero-order chi connectivity index (χ0) is 19.6. The summed E-state index contributed by atoms with van der Waals surface area (Å²) in [7, 11) is -0.744. The van der Waals surface area contributed by atoms with Crippen LogP contribution >= 0.6 is 7.92 Å². The van der Waals surface area contributed by atoms with Crippen LogP contribution in [0.5, 0.6) is 0 Å². The molecule has 1 heteroatoms. The van der Waals surface area contributed by atoms with Crippen LogP contribution in [0.15, 0.2) is 54.6 Å². The Morgan fingerprint density at radius 1 is 0.593 bits per heavy atom. The maximum atomic E-state index is 3.69. The Labute approximate surface area is 165 Å². The van der Waals surface area contributed by atoms with Crippen molar-refractivity contribution in [3.8, 4) is 11.6 Å². The fraction of sp³-hybridized carbons (Fsp3) is 0.231. The number of hydrogen-bond donors (Lipinski definition) is 0. The minimum absolute atomic E-state index is 0.744. The van der Waals surface area contributed by atoms with E-state index < -0.39 is 7.92 Å². The van der Waals surface area contributed by atoms with E-state index in [-0.39, 0.29) is 0 Å². The second kappa shape index (κ2) is 8.12. The molecular formula is C26H27P. The summed E-state index contributed by atoms with van der Waals surface area (Å²) in [5.41, 5.74) is 12.8. The maximum Gasteiger partial charge on any atom is 0.0359 e. The van der Waals surface area contributed by atoms with Gasteiger partial charge < -0.3 is 0 Å².